The molecule has 0 spiro atoms. The topological polar surface area (TPSA) is 109 Å². The fourth-order valence-electron chi connectivity index (χ4n) is 1.40. The number of hydrogen-bond donors (Lipinski definition) is 2. The molecule has 21 heavy (non-hydrogen) atoms. The van der Waals surface area contributed by atoms with Crippen molar-refractivity contribution in [1.29, 1.82) is 5.26 Å². The maximum absolute atomic E-state index is 11.5. The number of aliphatic carboxylic acids is 1. The van der Waals surface area contributed by atoms with Crippen LogP contribution in [-0.2, 0) is 9.59 Å². The Morgan fingerprint density at radius 1 is 1.43 bits per heavy atom. The molecule has 1 aromatic carbocycles. The van der Waals surface area contributed by atoms with Gasteiger partial charge in [-0.1, -0.05) is 6.92 Å². The zero-order valence-corrected chi connectivity index (χ0v) is 11.8. The first-order valence-corrected chi connectivity index (χ1v) is 6.18. The molecule has 2 N–H and O–H groups in total. The predicted octanol–water partition coefficient (Wildman–Crippen LogP) is 0.783. The van der Waals surface area contributed by atoms with Crippen LogP contribution in [0.3, 0.4) is 0 Å². The molecule has 1 atom stereocenters. The van der Waals surface area contributed by atoms with Gasteiger partial charge in [-0.3, -0.25) is 9.59 Å². The fourth-order valence-corrected chi connectivity index (χ4v) is 1.40. The summed E-state index contributed by atoms with van der Waals surface area (Å²) in [6, 6.07) is 6.54. The monoisotopic (exact) mass is 292 g/mol. The van der Waals surface area contributed by atoms with E-state index < -0.39 is 17.8 Å². The van der Waals surface area contributed by atoms with Crippen LogP contribution in [0.15, 0.2) is 18.2 Å². The van der Waals surface area contributed by atoms with Crippen molar-refractivity contribution in [2.75, 3.05) is 20.3 Å². The zero-order chi connectivity index (χ0) is 15.8. The highest BCUT2D eigenvalue weighted by molar-refractivity contribution is 5.78. The molecule has 1 amide bonds. The van der Waals surface area contributed by atoms with Gasteiger partial charge in [0, 0.05) is 12.6 Å². The van der Waals surface area contributed by atoms with E-state index in [2.05, 4.69) is 5.32 Å². The maximum Gasteiger partial charge on any atom is 0.308 e. The van der Waals surface area contributed by atoms with Crippen LogP contribution in [0, 0.1) is 17.2 Å². The molecule has 7 heteroatoms. The standard InChI is InChI=1S/C14H16N2O5/c1-9(14(18)19)7-16-13(17)8-21-11-4-3-10(6-15)5-12(11)20-2/h3-5,9H,7-8H2,1-2H3,(H,16,17)(H,18,19). The molecule has 0 saturated heterocycles. The van der Waals surface area contributed by atoms with E-state index in [1.165, 1.54) is 26.2 Å². The Morgan fingerprint density at radius 3 is 2.71 bits per heavy atom. The summed E-state index contributed by atoms with van der Waals surface area (Å²) >= 11 is 0. The van der Waals surface area contributed by atoms with Gasteiger partial charge in [0.05, 0.1) is 24.7 Å². The molecule has 0 heterocycles. The maximum atomic E-state index is 11.5. The molecule has 0 aromatic heterocycles. The predicted molar refractivity (Wildman–Crippen MR) is 73.0 cm³/mol. The van der Waals surface area contributed by atoms with Crippen LogP contribution in [0.1, 0.15) is 12.5 Å². The van der Waals surface area contributed by atoms with Crippen molar-refractivity contribution in [3.05, 3.63) is 23.8 Å². The van der Waals surface area contributed by atoms with Crippen LogP contribution < -0.4 is 14.8 Å². The van der Waals surface area contributed by atoms with Gasteiger partial charge in [-0.25, -0.2) is 0 Å². The molecular weight excluding hydrogens is 276 g/mol. The SMILES string of the molecule is COc1cc(C#N)ccc1OCC(=O)NCC(C)C(=O)O. The van der Waals surface area contributed by atoms with Crippen LogP contribution >= 0.6 is 0 Å². The smallest absolute Gasteiger partial charge is 0.308 e. The molecule has 0 aliphatic heterocycles. The van der Waals surface area contributed by atoms with Crippen molar-refractivity contribution in [3.8, 4) is 17.6 Å². The number of methoxy groups -OCH3 is 1. The lowest BCUT2D eigenvalue weighted by molar-refractivity contribution is -0.141. The van der Waals surface area contributed by atoms with Gasteiger partial charge in [0.15, 0.2) is 18.1 Å². The third-order valence-corrected chi connectivity index (χ3v) is 2.68. The Morgan fingerprint density at radius 2 is 2.14 bits per heavy atom. The molecule has 0 aliphatic rings. The Kier molecular flexibility index (Phi) is 6.01. The number of nitriles is 1. The van der Waals surface area contributed by atoms with Gasteiger partial charge < -0.3 is 19.9 Å². The summed E-state index contributed by atoms with van der Waals surface area (Å²) in [6.45, 7) is 1.25. The molecule has 1 aromatic rings. The van der Waals surface area contributed by atoms with Crippen LogP contribution in [0.4, 0.5) is 0 Å². The first-order chi connectivity index (χ1) is 9.97. The summed E-state index contributed by atoms with van der Waals surface area (Å²) in [5, 5.41) is 19.9. The van der Waals surface area contributed by atoms with Gasteiger partial charge in [0.25, 0.3) is 5.91 Å². The van der Waals surface area contributed by atoms with E-state index in [4.69, 9.17) is 19.8 Å². The van der Waals surface area contributed by atoms with Crippen molar-refractivity contribution in [2.45, 2.75) is 6.92 Å². The molecule has 0 saturated carbocycles. The number of ether oxygens (including phenoxy) is 2. The summed E-state index contributed by atoms with van der Waals surface area (Å²) in [5.74, 6) is -1.41. The van der Waals surface area contributed by atoms with E-state index in [1.54, 1.807) is 6.07 Å². The highest BCUT2D eigenvalue weighted by atomic mass is 16.5. The number of carbonyl (C=O) groups is 2. The first kappa shape index (κ1) is 16.3. The molecule has 0 radical (unpaired) electrons. The Balaban J connectivity index is 2.53. The molecule has 1 unspecified atom stereocenters. The van der Waals surface area contributed by atoms with E-state index in [9.17, 15) is 9.59 Å². The summed E-state index contributed by atoms with van der Waals surface area (Å²) in [7, 11) is 1.43. The van der Waals surface area contributed by atoms with E-state index in [1.807, 2.05) is 6.07 Å². The Labute approximate surface area is 122 Å². The van der Waals surface area contributed by atoms with E-state index in [-0.39, 0.29) is 13.2 Å². The van der Waals surface area contributed by atoms with Crippen molar-refractivity contribution in [1.82, 2.24) is 5.32 Å². The van der Waals surface area contributed by atoms with Crippen LogP contribution in [-0.4, -0.2) is 37.2 Å². The average molecular weight is 292 g/mol. The molecule has 0 fully saturated rings. The third kappa shape index (κ3) is 5.03. The fraction of sp³-hybridized carbons (Fsp3) is 0.357. The second-order valence-corrected chi connectivity index (χ2v) is 4.31. The highest BCUT2D eigenvalue weighted by Crippen LogP contribution is 2.27. The first-order valence-electron chi connectivity index (χ1n) is 6.18. The van der Waals surface area contributed by atoms with Crippen LogP contribution in [0.5, 0.6) is 11.5 Å². The van der Waals surface area contributed by atoms with E-state index in [0.717, 1.165) is 0 Å². The molecule has 0 bridgehead atoms. The van der Waals surface area contributed by atoms with Crippen LogP contribution in [0.2, 0.25) is 0 Å². The van der Waals surface area contributed by atoms with Gasteiger partial charge in [-0.2, -0.15) is 5.26 Å². The summed E-state index contributed by atoms with van der Waals surface area (Å²) in [4.78, 5) is 22.2. The summed E-state index contributed by atoms with van der Waals surface area (Å²) < 4.78 is 10.4. The number of benzene rings is 1. The lowest BCUT2D eigenvalue weighted by atomic mass is 10.2. The van der Waals surface area contributed by atoms with Crippen molar-refractivity contribution >= 4 is 11.9 Å². The van der Waals surface area contributed by atoms with Crippen molar-refractivity contribution in [3.63, 3.8) is 0 Å². The number of carboxylic acid groups (broad SMARTS) is 1. The molecule has 1 rings (SSSR count). The molecule has 7 nitrogen and oxygen atoms in total. The second-order valence-electron chi connectivity index (χ2n) is 4.31. The Bertz CT molecular complexity index is 565. The lowest BCUT2D eigenvalue weighted by Crippen LogP contribution is -2.34. The number of hydrogen-bond acceptors (Lipinski definition) is 5. The van der Waals surface area contributed by atoms with Gasteiger partial charge in [0.1, 0.15) is 0 Å². The largest absolute Gasteiger partial charge is 0.493 e. The van der Waals surface area contributed by atoms with Crippen molar-refractivity contribution < 1.29 is 24.2 Å². The third-order valence-electron chi connectivity index (χ3n) is 2.68. The zero-order valence-electron chi connectivity index (χ0n) is 11.8. The molecule has 112 valence electrons. The number of nitrogens with one attached hydrogen (secondary N) is 1. The second kappa shape index (κ2) is 7.75. The van der Waals surface area contributed by atoms with Gasteiger partial charge in [-0.15, -0.1) is 0 Å². The normalized spacial score (nSPS) is 11.1. The lowest BCUT2D eigenvalue weighted by Gasteiger charge is -2.12. The van der Waals surface area contributed by atoms with Gasteiger partial charge >= 0.3 is 5.97 Å². The van der Waals surface area contributed by atoms with Gasteiger partial charge in [-0.05, 0) is 12.1 Å². The molecular formula is C14H16N2O5. The highest BCUT2D eigenvalue weighted by Gasteiger charge is 2.13. The quantitative estimate of drug-likeness (QED) is 0.768. The minimum Gasteiger partial charge on any atom is -0.493 e. The number of nitrogens with zero attached hydrogens (tertiary/aromatic N) is 1. The van der Waals surface area contributed by atoms with E-state index in [0.29, 0.717) is 17.1 Å². The number of carboxylic acids is 1. The average Bonchev–Trinajstić information content (AvgIpc) is 2.49. The van der Waals surface area contributed by atoms with E-state index >= 15 is 0 Å². The number of rotatable bonds is 7. The van der Waals surface area contributed by atoms with Crippen molar-refractivity contribution in [2.24, 2.45) is 5.92 Å². The van der Waals surface area contributed by atoms with Gasteiger partial charge in [0.2, 0.25) is 0 Å². The minimum atomic E-state index is -0.982. The van der Waals surface area contributed by atoms with Crippen LogP contribution in [0.25, 0.3) is 0 Å². The number of amides is 1. The summed E-state index contributed by atoms with van der Waals surface area (Å²) in [6.07, 6.45) is 0. The molecule has 0 aliphatic carbocycles. The minimum absolute atomic E-state index is 0.0298. The summed E-state index contributed by atoms with van der Waals surface area (Å²) in [5.41, 5.74) is 0.416. The Hall–Kier alpha value is -2.75. The number of carbonyl (C=O) groups excluding carboxylic acids is 1.